The molecule has 0 atom stereocenters. The van der Waals surface area contributed by atoms with Gasteiger partial charge >= 0.3 is 6.03 Å². The van der Waals surface area contributed by atoms with Crippen molar-refractivity contribution in [3.63, 3.8) is 0 Å². The summed E-state index contributed by atoms with van der Waals surface area (Å²) in [5.74, 6) is -0.308. The number of hydrogen-bond acceptors (Lipinski definition) is 5. The molecule has 9 heteroatoms. The fourth-order valence-corrected chi connectivity index (χ4v) is 3.02. The van der Waals surface area contributed by atoms with Crippen molar-refractivity contribution in [2.75, 3.05) is 12.8 Å². The normalized spacial score (nSPS) is 13.6. The number of urea groups is 1. The standard InChI is InChI=1S/C15H16FN5O2S/c1-17-14(23)18-12(22)8-24-15-20-19-13(21(15)9-6-7-9)10-4-2-3-5-11(10)16/h2-5,9H,6-8H2,1H3,(H2,17,18,22,23). The SMILES string of the molecule is CNC(=O)NC(=O)CSc1nnc(-c2ccccc2F)n1C1CC1. The molecule has 2 aromatic rings. The Balaban J connectivity index is 1.79. The number of nitrogens with one attached hydrogen (secondary N) is 2. The van der Waals surface area contributed by atoms with Gasteiger partial charge in [0.1, 0.15) is 5.82 Å². The maximum Gasteiger partial charge on any atom is 0.321 e. The van der Waals surface area contributed by atoms with Gasteiger partial charge in [-0.3, -0.25) is 14.7 Å². The van der Waals surface area contributed by atoms with Gasteiger partial charge in [0.15, 0.2) is 11.0 Å². The number of rotatable bonds is 5. The molecular weight excluding hydrogens is 333 g/mol. The van der Waals surface area contributed by atoms with E-state index in [-0.39, 0.29) is 17.6 Å². The van der Waals surface area contributed by atoms with E-state index in [1.807, 2.05) is 4.57 Å². The number of benzene rings is 1. The van der Waals surface area contributed by atoms with Crippen LogP contribution >= 0.6 is 11.8 Å². The number of hydrogen-bond donors (Lipinski definition) is 2. The van der Waals surface area contributed by atoms with Crippen molar-refractivity contribution in [3.05, 3.63) is 30.1 Å². The van der Waals surface area contributed by atoms with Gasteiger partial charge in [-0.05, 0) is 25.0 Å². The Bertz CT molecular complexity index is 775. The lowest BCUT2D eigenvalue weighted by Crippen LogP contribution is -2.38. The summed E-state index contributed by atoms with van der Waals surface area (Å²) in [7, 11) is 1.43. The molecule has 1 saturated carbocycles. The summed E-state index contributed by atoms with van der Waals surface area (Å²) in [6.07, 6.45) is 1.94. The summed E-state index contributed by atoms with van der Waals surface area (Å²) in [5, 5.41) is 13.2. The molecule has 7 nitrogen and oxygen atoms in total. The Labute approximate surface area is 142 Å². The van der Waals surface area contributed by atoms with E-state index in [1.54, 1.807) is 18.2 Å². The molecule has 0 aliphatic heterocycles. The smallest absolute Gasteiger partial charge is 0.321 e. The highest BCUT2D eigenvalue weighted by Crippen LogP contribution is 2.41. The zero-order chi connectivity index (χ0) is 17.1. The molecule has 1 aliphatic carbocycles. The Morgan fingerprint density at radius 3 is 2.75 bits per heavy atom. The number of thioether (sulfide) groups is 1. The highest BCUT2D eigenvalue weighted by Gasteiger charge is 2.31. The van der Waals surface area contributed by atoms with E-state index in [1.165, 1.54) is 24.9 Å². The number of aromatic nitrogens is 3. The van der Waals surface area contributed by atoms with Crippen LogP contribution in [0.2, 0.25) is 0 Å². The van der Waals surface area contributed by atoms with Gasteiger partial charge in [0.2, 0.25) is 5.91 Å². The lowest BCUT2D eigenvalue weighted by Gasteiger charge is -2.09. The third-order valence-corrected chi connectivity index (χ3v) is 4.45. The van der Waals surface area contributed by atoms with Crippen molar-refractivity contribution in [2.24, 2.45) is 0 Å². The average molecular weight is 349 g/mol. The van der Waals surface area contributed by atoms with Gasteiger partial charge in [-0.1, -0.05) is 23.9 Å². The van der Waals surface area contributed by atoms with Crippen LogP contribution in [0.25, 0.3) is 11.4 Å². The molecule has 1 fully saturated rings. The first kappa shape index (κ1) is 16.4. The lowest BCUT2D eigenvalue weighted by atomic mass is 10.2. The summed E-state index contributed by atoms with van der Waals surface area (Å²) >= 11 is 1.17. The highest BCUT2D eigenvalue weighted by molar-refractivity contribution is 7.99. The minimum Gasteiger partial charge on any atom is -0.341 e. The molecule has 1 aromatic heterocycles. The fourth-order valence-electron chi connectivity index (χ4n) is 2.22. The molecule has 1 aromatic carbocycles. The van der Waals surface area contributed by atoms with Gasteiger partial charge in [0.25, 0.3) is 0 Å². The van der Waals surface area contributed by atoms with Crippen LogP contribution in [0.3, 0.4) is 0 Å². The van der Waals surface area contributed by atoms with Crippen LogP contribution in [0.15, 0.2) is 29.4 Å². The van der Waals surface area contributed by atoms with Gasteiger partial charge in [0, 0.05) is 13.1 Å². The van der Waals surface area contributed by atoms with E-state index in [0.29, 0.717) is 16.5 Å². The maximum atomic E-state index is 14.0. The van der Waals surface area contributed by atoms with Crippen molar-refractivity contribution in [1.29, 1.82) is 0 Å². The number of amides is 3. The molecule has 1 aliphatic rings. The highest BCUT2D eigenvalue weighted by atomic mass is 32.2. The van der Waals surface area contributed by atoms with Crippen LogP contribution in [0.1, 0.15) is 18.9 Å². The molecule has 0 radical (unpaired) electrons. The monoisotopic (exact) mass is 349 g/mol. The van der Waals surface area contributed by atoms with Gasteiger partial charge in [0.05, 0.1) is 11.3 Å². The largest absolute Gasteiger partial charge is 0.341 e. The first-order valence-corrected chi connectivity index (χ1v) is 8.43. The first-order valence-electron chi connectivity index (χ1n) is 7.44. The molecule has 24 heavy (non-hydrogen) atoms. The summed E-state index contributed by atoms with van der Waals surface area (Å²) in [5.41, 5.74) is 0.388. The predicted molar refractivity (Wildman–Crippen MR) is 87.0 cm³/mol. The summed E-state index contributed by atoms with van der Waals surface area (Å²) in [4.78, 5) is 22.8. The fraction of sp³-hybridized carbons (Fsp3) is 0.333. The molecule has 0 spiro atoms. The summed E-state index contributed by atoms with van der Waals surface area (Å²) in [6, 6.07) is 6.06. The molecule has 0 bridgehead atoms. The zero-order valence-corrected chi connectivity index (χ0v) is 13.8. The van der Waals surface area contributed by atoms with Gasteiger partial charge < -0.3 is 5.32 Å². The van der Waals surface area contributed by atoms with Crippen molar-refractivity contribution in [2.45, 2.75) is 24.0 Å². The Morgan fingerprint density at radius 2 is 2.08 bits per heavy atom. The Morgan fingerprint density at radius 1 is 1.33 bits per heavy atom. The van der Waals surface area contributed by atoms with Gasteiger partial charge in [-0.15, -0.1) is 10.2 Å². The van der Waals surface area contributed by atoms with Crippen LogP contribution in [0.5, 0.6) is 0 Å². The van der Waals surface area contributed by atoms with E-state index in [0.717, 1.165) is 12.8 Å². The average Bonchev–Trinajstić information content (AvgIpc) is 3.33. The van der Waals surface area contributed by atoms with Crippen molar-refractivity contribution >= 4 is 23.7 Å². The molecule has 3 amide bonds. The van der Waals surface area contributed by atoms with Crippen LogP contribution in [0, 0.1) is 5.82 Å². The second-order valence-corrected chi connectivity index (χ2v) is 6.25. The van der Waals surface area contributed by atoms with Crippen LogP contribution < -0.4 is 10.6 Å². The second-order valence-electron chi connectivity index (χ2n) is 5.30. The van der Waals surface area contributed by atoms with Crippen molar-refractivity contribution in [1.82, 2.24) is 25.4 Å². The van der Waals surface area contributed by atoms with E-state index >= 15 is 0 Å². The van der Waals surface area contributed by atoms with Crippen LogP contribution in [-0.2, 0) is 4.79 Å². The Kier molecular flexibility index (Phi) is 4.79. The van der Waals surface area contributed by atoms with Crippen LogP contribution in [0.4, 0.5) is 9.18 Å². The second kappa shape index (κ2) is 7.00. The number of carbonyl (C=O) groups excluding carboxylic acids is 2. The predicted octanol–water partition coefficient (Wildman–Crippen LogP) is 1.97. The quantitative estimate of drug-likeness (QED) is 0.806. The topological polar surface area (TPSA) is 88.9 Å². The minimum atomic E-state index is -0.559. The molecule has 2 N–H and O–H groups in total. The number of imide groups is 1. The van der Waals surface area contributed by atoms with E-state index < -0.39 is 11.9 Å². The van der Waals surface area contributed by atoms with Gasteiger partial charge in [-0.2, -0.15) is 0 Å². The third kappa shape index (κ3) is 3.56. The van der Waals surface area contributed by atoms with E-state index in [9.17, 15) is 14.0 Å². The van der Waals surface area contributed by atoms with E-state index in [4.69, 9.17) is 0 Å². The molecule has 3 rings (SSSR count). The van der Waals surface area contributed by atoms with Crippen molar-refractivity contribution < 1.29 is 14.0 Å². The lowest BCUT2D eigenvalue weighted by molar-refractivity contribution is -0.117. The minimum absolute atomic E-state index is 0.0234. The Hall–Kier alpha value is -2.42. The molecule has 0 unspecified atom stereocenters. The molecule has 0 saturated heterocycles. The number of halogens is 1. The summed E-state index contributed by atoms with van der Waals surface area (Å²) < 4.78 is 15.9. The number of nitrogens with zero attached hydrogens (tertiary/aromatic N) is 3. The third-order valence-electron chi connectivity index (χ3n) is 3.50. The van der Waals surface area contributed by atoms with Crippen LogP contribution in [-0.4, -0.2) is 39.5 Å². The first-order chi connectivity index (χ1) is 11.6. The molecule has 126 valence electrons. The maximum absolute atomic E-state index is 14.0. The van der Waals surface area contributed by atoms with E-state index in [2.05, 4.69) is 20.8 Å². The number of carbonyl (C=O) groups is 2. The zero-order valence-electron chi connectivity index (χ0n) is 13.0. The molecule has 1 heterocycles. The molecular formula is C15H16FN5O2S. The van der Waals surface area contributed by atoms with Crippen molar-refractivity contribution in [3.8, 4) is 11.4 Å². The summed E-state index contributed by atoms with van der Waals surface area (Å²) in [6.45, 7) is 0. The van der Waals surface area contributed by atoms with Gasteiger partial charge in [-0.25, -0.2) is 9.18 Å².